The van der Waals surface area contributed by atoms with Crippen LogP contribution in [0.4, 0.5) is 0 Å². The van der Waals surface area contributed by atoms with Crippen molar-refractivity contribution in [1.82, 2.24) is 14.8 Å². The molecule has 0 aliphatic rings. The standard InChI is InChI=1S/C14H9Br2N3/c15-11-3-1-10(2-4-11)13-6-8-18-19(13)14-9-12(16)5-7-17-14/h1-9H. The van der Waals surface area contributed by atoms with Crippen LogP contribution in [0.15, 0.2) is 63.8 Å². The van der Waals surface area contributed by atoms with E-state index in [-0.39, 0.29) is 0 Å². The number of nitrogens with zero attached hydrogens (tertiary/aromatic N) is 3. The zero-order valence-corrected chi connectivity index (χ0v) is 13.0. The molecule has 0 radical (unpaired) electrons. The third kappa shape index (κ3) is 2.62. The van der Waals surface area contributed by atoms with Gasteiger partial charge < -0.3 is 0 Å². The average molecular weight is 379 g/mol. The lowest BCUT2D eigenvalue weighted by Crippen LogP contribution is -2.01. The summed E-state index contributed by atoms with van der Waals surface area (Å²) in [6.45, 7) is 0. The van der Waals surface area contributed by atoms with Gasteiger partial charge in [-0.1, -0.05) is 44.0 Å². The average Bonchev–Trinajstić information content (AvgIpc) is 2.89. The summed E-state index contributed by atoms with van der Waals surface area (Å²) in [7, 11) is 0. The lowest BCUT2D eigenvalue weighted by atomic mass is 10.1. The molecule has 3 aromatic rings. The van der Waals surface area contributed by atoms with E-state index in [2.05, 4.69) is 54.1 Å². The molecule has 0 N–H and O–H groups in total. The van der Waals surface area contributed by atoms with E-state index in [4.69, 9.17) is 0 Å². The summed E-state index contributed by atoms with van der Waals surface area (Å²) in [6, 6.07) is 13.9. The number of hydrogen-bond donors (Lipinski definition) is 0. The van der Waals surface area contributed by atoms with Crippen molar-refractivity contribution in [3.63, 3.8) is 0 Å². The van der Waals surface area contributed by atoms with E-state index in [9.17, 15) is 0 Å². The van der Waals surface area contributed by atoms with E-state index in [1.54, 1.807) is 12.4 Å². The van der Waals surface area contributed by atoms with Gasteiger partial charge in [-0.3, -0.25) is 0 Å². The zero-order valence-electron chi connectivity index (χ0n) is 9.79. The molecule has 0 amide bonds. The number of halogens is 2. The van der Waals surface area contributed by atoms with Crippen LogP contribution in [0.3, 0.4) is 0 Å². The van der Waals surface area contributed by atoms with Crippen LogP contribution in [0.1, 0.15) is 0 Å². The second-order valence-corrected chi connectivity index (χ2v) is 5.80. The molecule has 0 atom stereocenters. The molecular formula is C14H9Br2N3. The fourth-order valence-corrected chi connectivity index (χ4v) is 2.42. The SMILES string of the molecule is Brc1ccc(-c2ccnn2-c2cc(Br)ccn2)cc1. The van der Waals surface area contributed by atoms with Gasteiger partial charge in [-0.15, -0.1) is 0 Å². The Balaban J connectivity index is 2.10. The van der Waals surface area contributed by atoms with Crippen molar-refractivity contribution in [3.8, 4) is 17.1 Å². The van der Waals surface area contributed by atoms with Gasteiger partial charge in [0.1, 0.15) is 0 Å². The molecule has 0 aliphatic carbocycles. The highest BCUT2D eigenvalue weighted by Crippen LogP contribution is 2.24. The number of hydrogen-bond acceptors (Lipinski definition) is 2. The van der Waals surface area contributed by atoms with E-state index in [0.29, 0.717) is 0 Å². The van der Waals surface area contributed by atoms with Crippen LogP contribution in [0, 0.1) is 0 Å². The van der Waals surface area contributed by atoms with Crippen molar-refractivity contribution in [2.24, 2.45) is 0 Å². The molecule has 1 aromatic carbocycles. The number of aromatic nitrogens is 3. The smallest absolute Gasteiger partial charge is 0.155 e. The first-order valence-electron chi connectivity index (χ1n) is 5.66. The molecule has 2 aromatic heterocycles. The molecule has 3 rings (SSSR count). The first-order valence-corrected chi connectivity index (χ1v) is 7.24. The number of benzene rings is 1. The van der Waals surface area contributed by atoms with Crippen molar-refractivity contribution < 1.29 is 0 Å². The summed E-state index contributed by atoms with van der Waals surface area (Å²) in [5.74, 6) is 0.789. The van der Waals surface area contributed by atoms with Crippen LogP contribution in [0.25, 0.3) is 17.1 Å². The van der Waals surface area contributed by atoms with Crippen molar-refractivity contribution in [2.45, 2.75) is 0 Å². The molecule has 0 unspecified atom stereocenters. The molecule has 3 nitrogen and oxygen atoms in total. The minimum Gasteiger partial charge on any atom is -0.237 e. The second kappa shape index (κ2) is 5.27. The summed E-state index contributed by atoms with van der Waals surface area (Å²) in [6.07, 6.45) is 3.53. The van der Waals surface area contributed by atoms with Crippen molar-refractivity contribution in [1.29, 1.82) is 0 Å². The van der Waals surface area contributed by atoms with Gasteiger partial charge in [0, 0.05) is 20.7 Å². The van der Waals surface area contributed by atoms with Crippen LogP contribution in [-0.2, 0) is 0 Å². The summed E-state index contributed by atoms with van der Waals surface area (Å²) < 4.78 is 3.87. The Labute approximate surface area is 127 Å². The van der Waals surface area contributed by atoms with Gasteiger partial charge >= 0.3 is 0 Å². The zero-order chi connectivity index (χ0) is 13.2. The molecular weight excluding hydrogens is 370 g/mol. The van der Waals surface area contributed by atoms with Gasteiger partial charge in [0.25, 0.3) is 0 Å². The van der Waals surface area contributed by atoms with E-state index >= 15 is 0 Å². The lowest BCUT2D eigenvalue weighted by molar-refractivity contribution is 0.853. The third-order valence-electron chi connectivity index (χ3n) is 2.71. The Morgan fingerprint density at radius 1 is 0.842 bits per heavy atom. The monoisotopic (exact) mass is 377 g/mol. The summed E-state index contributed by atoms with van der Waals surface area (Å²) in [5, 5.41) is 4.35. The van der Waals surface area contributed by atoms with Crippen molar-refractivity contribution >= 4 is 31.9 Å². The highest BCUT2D eigenvalue weighted by atomic mass is 79.9. The predicted molar refractivity (Wildman–Crippen MR) is 82.2 cm³/mol. The van der Waals surface area contributed by atoms with Gasteiger partial charge in [-0.25, -0.2) is 9.67 Å². The molecule has 0 saturated carbocycles. The maximum atomic E-state index is 4.35. The highest BCUT2D eigenvalue weighted by Gasteiger charge is 2.08. The quantitative estimate of drug-likeness (QED) is 0.659. The summed E-state index contributed by atoms with van der Waals surface area (Å²) in [5.41, 5.74) is 2.11. The maximum absolute atomic E-state index is 4.35. The van der Waals surface area contributed by atoms with Crippen LogP contribution in [-0.4, -0.2) is 14.8 Å². The summed E-state index contributed by atoms with van der Waals surface area (Å²) in [4.78, 5) is 4.35. The maximum Gasteiger partial charge on any atom is 0.155 e. The van der Waals surface area contributed by atoms with E-state index in [1.807, 2.05) is 35.0 Å². The molecule has 0 spiro atoms. The van der Waals surface area contributed by atoms with Crippen LogP contribution in [0.2, 0.25) is 0 Å². The Morgan fingerprint density at radius 3 is 2.37 bits per heavy atom. The third-order valence-corrected chi connectivity index (χ3v) is 3.73. The molecule has 94 valence electrons. The molecule has 0 saturated heterocycles. The normalized spacial score (nSPS) is 10.6. The Hall–Kier alpha value is -1.46. The molecule has 5 heteroatoms. The Morgan fingerprint density at radius 2 is 1.63 bits per heavy atom. The van der Waals surface area contributed by atoms with Gasteiger partial charge in [0.05, 0.1) is 11.9 Å². The van der Waals surface area contributed by atoms with E-state index < -0.39 is 0 Å². The largest absolute Gasteiger partial charge is 0.237 e. The topological polar surface area (TPSA) is 30.7 Å². The van der Waals surface area contributed by atoms with Gasteiger partial charge in [0.15, 0.2) is 5.82 Å². The van der Waals surface area contributed by atoms with Crippen LogP contribution in [0.5, 0.6) is 0 Å². The number of rotatable bonds is 2. The molecule has 0 fully saturated rings. The van der Waals surface area contributed by atoms with E-state index in [1.165, 1.54) is 0 Å². The number of pyridine rings is 1. The Kier molecular flexibility index (Phi) is 3.48. The molecule has 0 bridgehead atoms. The fourth-order valence-electron chi connectivity index (χ4n) is 1.83. The predicted octanol–water partition coefficient (Wildman–Crippen LogP) is 4.46. The molecule has 19 heavy (non-hydrogen) atoms. The van der Waals surface area contributed by atoms with Crippen LogP contribution < -0.4 is 0 Å². The van der Waals surface area contributed by atoms with Crippen molar-refractivity contribution in [2.75, 3.05) is 0 Å². The minimum atomic E-state index is 0.789. The Bertz CT molecular complexity index is 705. The summed E-state index contributed by atoms with van der Waals surface area (Å²) >= 11 is 6.89. The highest BCUT2D eigenvalue weighted by molar-refractivity contribution is 9.10. The van der Waals surface area contributed by atoms with Gasteiger partial charge in [-0.05, 0) is 30.3 Å². The minimum absolute atomic E-state index is 0.789. The van der Waals surface area contributed by atoms with Gasteiger partial charge in [0.2, 0.25) is 0 Å². The second-order valence-electron chi connectivity index (χ2n) is 3.97. The fraction of sp³-hybridized carbons (Fsp3) is 0. The molecule has 2 heterocycles. The van der Waals surface area contributed by atoms with E-state index in [0.717, 1.165) is 26.0 Å². The lowest BCUT2D eigenvalue weighted by Gasteiger charge is -2.07. The van der Waals surface area contributed by atoms with Crippen LogP contribution >= 0.6 is 31.9 Å². The van der Waals surface area contributed by atoms with Gasteiger partial charge in [-0.2, -0.15) is 5.10 Å². The first kappa shape index (κ1) is 12.6. The molecule has 0 aliphatic heterocycles. The first-order chi connectivity index (χ1) is 9.24. The van der Waals surface area contributed by atoms with Crippen molar-refractivity contribution in [3.05, 3.63) is 63.8 Å².